The van der Waals surface area contributed by atoms with E-state index in [-0.39, 0.29) is 12.1 Å². The van der Waals surface area contributed by atoms with Crippen LogP contribution >= 0.6 is 11.6 Å². The third-order valence-electron chi connectivity index (χ3n) is 3.67. The minimum Gasteiger partial charge on any atom is -0.490 e. The fourth-order valence-corrected chi connectivity index (χ4v) is 2.99. The fraction of sp³-hybridized carbons (Fsp3) is 0.294. The Balaban J connectivity index is 1.57. The highest BCUT2D eigenvalue weighted by Crippen LogP contribution is 2.30. The van der Waals surface area contributed by atoms with E-state index in [2.05, 4.69) is 18.2 Å². The van der Waals surface area contributed by atoms with Gasteiger partial charge in [0.05, 0.1) is 0 Å². The minimum absolute atomic E-state index is 0.0905. The number of rotatable bonds is 4. The van der Waals surface area contributed by atoms with Crippen LogP contribution in [0, 0.1) is 0 Å². The zero-order valence-electron chi connectivity index (χ0n) is 11.3. The summed E-state index contributed by atoms with van der Waals surface area (Å²) in [6.45, 7) is 0. The fourth-order valence-electron chi connectivity index (χ4n) is 2.77. The summed E-state index contributed by atoms with van der Waals surface area (Å²) in [7, 11) is 0. The molecule has 3 rings (SSSR count). The van der Waals surface area contributed by atoms with Crippen LogP contribution in [0.3, 0.4) is 0 Å². The van der Waals surface area contributed by atoms with E-state index in [1.807, 2.05) is 30.3 Å². The lowest BCUT2D eigenvalue weighted by molar-refractivity contribution is 0.210. The minimum atomic E-state index is 0.0905. The van der Waals surface area contributed by atoms with Crippen LogP contribution in [0.5, 0.6) is 5.75 Å². The SMILES string of the molecule is NC(Cc1cccc(Cl)c1)CC1Cc2ccccc2O1. The van der Waals surface area contributed by atoms with Gasteiger partial charge in [-0.15, -0.1) is 0 Å². The van der Waals surface area contributed by atoms with Crippen molar-refractivity contribution in [2.24, 2.45) is 5.73 Å². The van der Waals surface area contributed by atoms with Gasteiger partial charge in [-0.1, -0.05) is 41.9 Å². The molecule has 0 radical (unpaired) electrons. The molecular formula is C17H18ClNO. The van der Waals surface area contributed by atoms with Gasteiger partial charge >= 0.3 is 0 Å². The Labute approximate surface area is 124 Å². The lowest BCUT2D eigenvalue weighted by atomic mass is 9.99. The summed E-state index contributed by atoms with van der Waals surface area (Å²) in [4.78, 5) is 0. The number of halogens is 1. The molecule has 2 unspecified atom stereocenters. The molecule has 2 aromatic rings. The van der Waals surface area contributed by atoms with Crippen molar-refractivity contribution in [3.63, 3.8) is 0 Å². The predicted molar refractivity (Wildman–Crippen MR) is 82.3 cm³/mol. The van der Waals surface area contributed by atoms with E-state index in [9.17, 15) is 0 Å². The Morgan fingerprint density at radius 2 is 2.05 bits per heavy atom. The molecule has 0 fully saturated rings. The first-order chi connectivity index (χ1) is 9.70. The maximum atomic E-state index is 6.25. The van der Waals surface area contributed by atoms with Crippen molar-refractivity contribution in [1.82, 2.24) is 0 Å². The van der Waals surface area contributed by atoms with Crippen LogP contribution < -0.4 is 10.5 Å². The van der Waals surface area contributed by atoms with Crippen molar-refractivity contribution in [3.05, 3.63) is 64.7 Å². The maximum Gasteiger partial charge on any atom is 0.123 e. The average Bonchev–Trinajstić information content (AvgIpc) is 2.80. The molecule has 0 saturated carbocycles. The van der Waals surface area contributed by atoms with E-state index >= 15 is 0 Å². The van der Waals surface area contributed by atoms with Gasteiger partial charge in [0.25, 0.3) is 0 Å². The maximum absolute atomic E-state index is 6.25. The number of nitrogens with two attached hydrogens (primary N) is 1. The molecule has 2 N–H and O–H groups in total. The van der Waals surface area contributed by atoms with Crippen molar-refractivity contribution in [2.45, 2.75) is 31.4 Å². The van der Waals surface area contributed by atoms with E-state index in [1.54, 1.807) is 0 Å². The molecule has 1 aliphatic rings. The second-order valence-corrected chi connectivity index (χ2v) is 5.82. The van der Waals surface area contributed by atoms with Crippen LogP contribution in [0.25, 0.3) is 0 Å². The number of ether oxygens (including phenoxy) is 1. The number of hydrogen-bond donors (Lipinski definition) is 1. The van der Waals surface area contributed by atoms with Crippen molar-refractivity contribution < 1.29 is 4.74 Å². The van der Waals surface area contributed by atoms with Crippen LogP contribution in [0.2, 0.25) is 5.02 Å². The molecule has 1 aliphatic heterocycles. The second kappa shape index (κ2) is 5.86. The zero-order valence-corrected chi connectivity index (χ0v) is 12.0. The Kier molecular flexibility index (Phi) is 3.95. The summed E-state index contributed by atoms with van der Waals surface area (Å²) in [5.74, 6) is 1.01. The molecule has 0 aromatic heterocycles. The average molecular weight is 288 g/mol. The largest absolute Gasteiger partial charge is 0.490 e. The highest BCUT2D eigenvalue weighted by Gasteiger charge is 2.24. The first-order valence-corrected chi connectivity index (χ1v) is 7.33. The molecule has 0 saturated heterocycles. The molecule has 0 spiro atoms. The van der Waals surface area contributed by atoms with Crippen molar-refractivity contribution in [2.75, 3.05) is 0 Å². The first kappa shape index (κ1) is 13.5. The van der Waals surface area contributed by atoms with Crippen LogP contribution in [-0.2, 0) is 12.8 Å². The summed E-state index contributed by atoms with van der Waals surface area (Å²) in [6, 6.07) is 16.2. The lowest BCUT2D eigenvalue weighted by Crippen LogP contribution is -2.30. The monoisotopic (exact) mass is 287 g/mol. The summed E-state index contributed by atoms with van der Waals surface area (Å²) in [5, 5.41) is 0.763. The Bertz CT molecular complexity index is 574. The third-order valence-corrected chi connectivity index (χ3v) is 3.90. The van der Waals surface area contributed by atoms with Gasteiger partial charge in [-0.25, -0.2) is 0 Å². The topological polar surface area (TPSA) is 35.2 Å². The molecule has 0 bridgehead atoms. The van der Waals surface area contributed by atoms with Gasteiger partial charge in [0.15, 0.2) is 0 Å². The number of hydrogen-bond acceptors (Lipinski definition) is 2. The quantitative estimate of drug-likeness (QED) is 0.932. The van der Waals surface area contributed by atoms with Crippen molar-refractivity contribution in [1.29, 1.82) is 0 Å². The van der Waals surface area contributed by atoms with Crippen molar-refractivity contribution in [3.8, 4) is 5.75 Å². The molecule has 1 heterocycles. The van der Waals surface area contributed by atoms with Crippen molar-refractivity contribution >= 4 is 11.6 Å². The van der Waals surface area contributed by atoms with E-state index in [1.165, 1.54) is 11.1 Å². The van der Waals surface area contributed by atoms with E-state index < -0.39 is 0 Å². The summed E-state index contributed by atoms with van der Waals surface area (Å²) < 4.78 is 5.93. The van der Waals surface area contributed by atoms with Gasteiger partial charge in [-0.2, -0.15) is 0 Å². The highest BCUT2D eigenvalue weighted by atomic mass is 35.5. The molecule has 0 amide bonds. The molecule has 3 heteroatoms. The summed E-state index contributed by atoms with van der Waals surface area (Å²) in [6.07, 6.45) is 2.85. The Morgan fingerprint density at radius 1 is 1.20 bits per heavy atom. The van der Waals surface area contributed by atoms with E-state index in [4.69, 9.17) is 22.1 Å². The molecule has 20 heavy (non-hydrogen) atoms. The summed E-state index contributed by atoms with van der Waals surface area (Å²) in [5.41, 5.74) is 8.71. The van der Waals surface area contributed by atoms with Gasteiger partial charge in [-0.3, -0.25) is 0 Å². The van der Waals surface area contributed by atoms with E-state index in [0.717, 1.165) is 30.0 Å². The standard InChI is InChI=1S/C17H18ClNO/c18-14-6-3-4-12(8-14)9-15(19)11-16-10-13-5-1-2-7-17(13)20-16/h1-8,15-16H,9-11,19H2. The smallest absolute Gasteiger partial charge is 0.123 e. The zero-order chi connectivity index (χ0) is 13.9. The van der Waals surface area contributed by atoms with Gasteiger partial charge in [-0.05, 0) is 35.7 Å². The van der Waals surface area contributed by atoms with Gasteiger partial charge in [0.2, 0.25) is 0 Å². The van der Waals surface area contributed by atoms with Crippen LogP contribution in [0.1, 0.15) is 17.5 Å². The number of fused-ring (bicyclic) bond motifs is 1. The highest BCUT2D eigenvalue weighted by molar-refractivity contribution is 6.30. The molecular weight excluding hydrogens is 270 g/mol. The van der Waals surface area contributed by atoms with Crippen LogP contribution in [-0.4, -0.2) is 12.1 Å². The molecule has 2 atom stereocenters. The van der Waals surface area contributed by atoms with Gasteiger partial charge in [0, 0.05) is 23.9 Å². The van der Waals surface area contributed by atoms with Gasteiger partial charge < -0.3 is 10.5 Å². The Hall–Kier alpha value is -1.51. The first-order valence-electron chi connectivity index (χ1n) is 6.95. The van der Waals surface area contributed by atoms with E-state index in [0.29, 0.717) is 0 Å². The lowest BCUT2D eigenvalue weighted by Gasteiger charge is -2.17. The Morgan fingerprint density at radius 3 is 2.85 bits per heavy atom. The van der Waals surface area contributed by atoms with Crippen LogP contribution in [0.15, 0.2) is 48.5 Å². The van der Waals surface area contributed by atoms with Crippen LogP contribution in [0.4, 0.5) is 0 Å². The summed E-state index contributed by atoms with van der Waals surface area (Å²) >= 11 is 5.99. The normalized spacial score (nSPS) is 18.4. The third kappa shape index (κ3) is 3.14. The van der Waals surface area contributed by atoms with Gasteiger partial charge in [0.1, 0.15) is 11.9 Å². The molecule has 2 aromatic carbocycles. The molecule has 2 nitrogen and oxygen atoms in total. The number of para-hydroxylation sites is 1. The predicted octanol–water partition coefficient (Wildman–Crippen LogP) is 3.60. The second-order valence-electron chi connectivity index (χ2n) is 5.38. The number of benzene rings is 2. The molecule has 104 valence electrons. The molecule has 0 aliphatic carbocycles.